The standard InChI is InChI=1S/C20H13Cl2FN6O2/c1-9-5-15-16(26-10(9)2)18(30)17(19(31)27-12-7-24-20(22)25-8-12)28-29(15)14-4-3-11(21)6-13(14)23/h3-8H,1-2H3,(H,27,31). The highest BCUT2D eigenvalue weighted by atomic mass is 35.5. The first-order valence-electron chi connectivity index (χ1n) is 8.90. The molecule has 0 aliphatic carbocycles. The van der Waals surface area contributed by atoms with Crippen LogP contribution in [0.25, 0.3) is 16.7 Å². The lowest BCUT2D eigenvalue weighted by Crippen LogP contribution is -2.28. The van der Waals surface area contributed by atoms with Gasteiger partial charge in [0.25, 0.3) is 5.91 Å². The topological polar surface area (TPSA) is 103 Å². The number of fused-ring (bicyclic) bond motifs is 1. The third-order valence-corrected chi connectivity index (χ3v) is 4.97. The number of benzene rings is 1. The van der Waals surface area contributed by atoms with Crippen molar-refractivity contribution >= 4 is 45.8 Å². The monoisotopic (exact) mass is 458 g/mol. The molecule has 3 heterocycles. The molecule has 0 saturated heterocycles. The summed E-state index contributed by atoms with van der Waals surface area (Å²) >= 11 is 11.5. The summed E-state index contributed by atoms with van der Waals surface area (Å²) in [4.78, 5) is 37.7. The Hall–Kier alpha value is -3.43. The highest BCUT2D eigenvalue weighted by Crippen LogP contribution is 2.22. The molecule has 1 N–H and O–H groups in total. The summed E-state index contributed by atoms with van der Waals surface area (Å²) in [5.74, 6) is -1.51. The molecule has 0 unspecified atom stereocenters. The zero-order chi connectivity index (χ0) is 22.3. The molecule has 31 heavy (non-hydrogen) atoms. The molecule has 4 aromatic rings. The van der Waals surface area contributed by atoms with E-state index in [2.05, 4.69) is 25.4 Å². The summed E-state index contributed by atoms with van der Waals surface area (Å²) in [6, 6.07) is 5.65. The van der Waals surface area contributed by atoms with Gasteiger partial charge >= 0.3 is 0 Å². The third-order valence-electron chi connectivity index (χ3n) is 4.54. The molecule has 3 aromatic heterocycles. The molecule has 1 aromatic carbocycles. The average molecular weight is 459 g/mol. The minimum absolute atomic E-state index is 0.00237. The van der Waals surface area contributed by atoms with E-state index in [1.54, 1.807) is 19.9 Å². The highest BCUT2D eigenvalue weighted by molar-refractivity contribution is 6.30. The summed E-state index contributed by atoms with van der Waals surface area (Å²) in [5, 5.41) is 6.82. The maximum Gasteiger partial charge on any atom is 0.280 e. The number of carbonyl (C=O) groups is 1. The largest absolute Gasteiger partial charge is 0.318 e. The minimum atomic E-state index is -0.832. The molecular formula is C20H13Cl2FN6O2. The Kier molecular flexibility index (Phi) is 5.38. The van der Waals surface area contributed by atoms with Crippen molar-refractivity contribution in [2.24, 2.45) is 0 Å². The number of carbonyl (C=O) groups excluding carboxylic acids is 1. The number of nitrogens with one attached hydrogen (secondary N) is 1. The van der Waals surface area contributed by atoms with Crippen molar-refractivity contribution in [3.8, 4) is 5.69 Å². The Morgan fingerprint density at radius 2 is 1.84 bits per heavy atom. The Bertz CT molecular complexity index is 1410. The van der Waals surface area contributed by atoms with Crippen LogP contribution in [0.2, 0.25) is 10.3 Å². The van der Waals surface area contributed by atoms with Crippen LogP contribution in [0.15, 0.2) is 41.5 Å². The van der Waals surface area contributed by atoms with Crippen molar-refractivity contribution in [2.45, 2.75) is 13.8 Å². The van der Waals surface area contributed by atoms with Gasteiger partial charge in [0.2, 0.25) is 10.7 Å². The van der Waals surface area contributed by atoms with Gasteiger partial charge in [0.1, 0.15) is 17.0 Å². The average Bonchev–Trinajstić information content (AvgIpc) is 2.72. The summed E-state index contributed by atoms with van der Waals surface area (Å²) in [6.07, 6.45) is 2.55. The van der Waals surface area contributed by atoms with Crippen LogP contribution in [-0.2, 0) is 0 Å². The Labute approximate surface area is 184 Å². The molecule has 156 valence electrons. The number of aromatic nitrogens is 5. The van der Waals surface area contributed by atoms with Crippen LogP contribution in [0, 0.1) is 19.7 Å². The molecule has 0 spiro atoms. The molecule has 0 aliphatic heterocycles. The lowest BCUT2D eigenvalue weighted by molar-refractivity contribution is 0.101. The number of aryl methyl sites for hydroxylation is 2. The van der Waals surface area contributed by atoms with Crippen LogP contribution in [0.1, 0.15) is 21.7 Å². The SMILES string of the molecule is Cc1cc2c(nc1C)c(=O)c(C(=O)Nc1cnc(Cl)nc1)nn2-c1ccc(Cl)cc1F. The van der Waals surface area contributed by atoms with Crippen LogP contribution >= 0.6 is 23.2 Å². The van der Waals surface area contributed by atoms with E-state index in [9.17, 15) is 14.0 Å². The number of hydrogen-bond acceptors (Lipinski definition) is 6. The molecule has 0 bridgehead atoms. The molecule has 0 aliphatic rings. The fourth-order valence-electron chi connectivity index (χ4n) is 2.88. The van der Waals surface area contributed by atoms with Crippen molar-refractivity contribution in [3.05, 3.63) is 80.0 Å². The van der Waals surface area contributed by atoms with Gasteiger partial charge in [-0.25, -0.2) is 24.0 Å². The number of nitrogens with zero attached hydrogens (tertiary/aromatic N) is 5. The van der Waals surface area contributed by atoms with Gasteiger partial charge in [0, 0.05) is 10.7 Å². The summed E-state index contributed by atoms with van der Waals surface area (Å²) in [5.41, 5.74) is 0.620. The smallest absolute Gasteiger partial charge is 0.280 e. The van der Waals surface area contributed by atoms with Gasteiger partial charge in [-0.3, -0.25) is 9.59 Å². The quantitative estimate of drug-likeness (QED) is 0.467. The molecule has 4 rings (SSSR count). The molecular weight excluding hydrogens is 446 g/mol. The normalized spacial score (nSPS) is 11.0. The van der Waals surface area contributed by atoms with E-state index < -0.39 is 22.8 Å². The Balaban J connectivity index is 1.95. The van der Waals surface area contributed by atoms with Crippen molar-refractivity contribution < 1.29 is 9.18 Å². The van der Waals surface area contributed by atoms with Gasteiger partial charge < -0.3 is 5.32 Å². The second-order valence-corrected chi connectivity index (χ2v) is 7.41. The number of anilines is 1. The zero-order valence-corrected chi connectivity index (χ0v) is 17.7. The number of halogens is 3. The second-order valence-electron chi connectivity index (χ2n) is 6.64. The van der Waals surface area contributed by atoms with Crippen molar-refractivity contribution in [1.82, 2.24) is 24.7 Å². The Morgan fingerprint density at radius 3 is 2.52 bits per heavy atom. The lowest BCUT2D eigenvalue weighted by Gasteiger charge is -2.14. The van der Waals surface area contributed by atoms with Crippen LogP contribution in [0.4, 0.5) is 10.1 Å². The van der Waals surface area contributed by atoms with E-state index in [0.29, 0.717) is 5.69 Å². The van der Waals surface area contributed by atoms with Gasteiger partial charge in [-0.05, 0) is 55.3 Å². The van der Waals surface area contributed by atoms with Gasteiger partial charge in [-0.2, -0.15) is 5.10 Å². The third kappa shape index (κ3) is 3.97. The number of hydrogen-bond donors (Lipinski definition) is 1. The van der Waals surface area contributed by atoms with Gasteiger partial charge in [0.15, 0.2) is 5.69 Å². The first-order valence-corrected chi connectivity index (χ1v) is 9.66. The Morgan fingerprint density at radius 1 is 1.13 bits per heavy atom. The van der Waals surface area contributed by atoms with Gasteiger partial charge in [-0.1, -0.05) is 11.6 Å². The fraction of sp³-hybridized carbons (Fsp3) is 0.100. The molecule has 0 fully saturated rings. The maximum atomic E-state index is 14.7. The van der Waals surface area contributed by atoms with E-state index in [1.165, 1.54) is 24.5 Å². The number of pyridine rings is 1. The maximum absolute atomic E-state index is 14.7. The van der Waals surface area contributed by atoms with Gasteiger partial charge in [-0.15, -0.1) is 0 Å². The lowest BCUT2D eigenvalue weighted by atomic mass is 10.1. The van der Waals surface area contributed by atoms with E-state index >= 15 is 0 Å². The first-order chi connectivity index (χ1) is 14.7. The summed E-state index contributed by atoms with van der Waals surface area (Å²) < 4.78 is 15.9. The molecule has 0 atom stereocenters. The van der Waals surface area contributed by atoms with Crippen molar-refractivity contribution in [3.63, 3.8) is 0 Å². The predicted octanol–water partition coefficient (Wildman–Crippen LogP) is 3.89. The molecule has 1 amide bonds. The number of amides is 1. The summed E-state index contributed by atoms with van der Waals surface area (Å²) in [7, 11) is 0. The van der Waals surface area contributed by atoms with E-state index in [1.807, 2.05) is 0 Å². The van der Waals surface area contributed by atoms with E-state index in [0.717, 1.165) is 16.3 Å². The van der Waals surface area contributed by atoms with Crippen LogP contribution < -0.4 is 10.7 Å². The molecule has 0 radical (unpaired) electrons. The van der Waals surface area contributed by atoms with Crippen molar-refractivity contribution in [1.29, 1.82) is 0 Å². The van der Waals surface area contributed by atoms with Crippen LogP contribution in [0.5, 0.6) is 0 Å². The second kappa shape index (κ2) is 8.01. The molecule has 8 nitrogen and oxygen atoms in total. The van der Waals surface area contributed by atoms with E-state index in [-0.39, 0.29) is 32.7 Å². The fourth-order valence-corrected chi connectivity index (χ4v) is 3.14. The van der Waals surface area contributed by atoms with Crippen LogP contribution in [0.3, 0.4) is 0 Å². The minimum Gasteiger partial charge on any atom is -0.318 e. The van der Waals surface area contributed by atoms with E-state index in [4.69, 9.17) is 23.2 Å². The number of rotatable bonds is 3. The molecule has 11 heteroatoms. The molecule has 0 saturated carbocycles. The zero-order valence-electron chi connectivity index (χ0n) is 16.2. The highest BCUT2D eigenvalue weighted by Gasteiger charge is 2.21. The van der Waals surface area contributed by atoms with Crippen molar-refractivity contribution in [2.75, 3.05) is 5.32 Å². The first kappa shape index (κ1) is 20.8. The predicted molar refractivity (Wildman–Crippen MR) is 115 cm³/mol. The van der Waals surface area contributed by atoms with Gasteiger partial charge in [0.05, 0.1) is 23.6 Å². The summed E-state index contributed by atoms with van der Waals surface area (Å²) in [6.45, 7) is 3.53. The van der Waals surface area contributed by atoms with Crippen LogP contribution in [-0.4, -0.2) is 30.6 Å².